The standard InChI is InChI=1S/C22H29FN8O/c1-2-26-22(28-15-20(32)30-12-3-4-13-30)27-11-5-6-19-18(14-24)21(25)31(29-19)17-9-7-16(23)8-10-17/h7-10H,2-6,11-13,15,25H2,1H3,(H2,26,27,28). The van der Waals surface area contributed by atoms with Crippen molar-refractivity contribution in [3.8, 4) is 11.8 Å². The molecule has 170 valence electrons. The Kier molecular flexibility index (Phi) is 8.02. The molecule has 2 aromatic rings. The van der Waals surface area contributed by atoms with E-state index in [1.165, 1.54) is 16.8 Å². The van der Waals surface area contributed by atoms with Crippen LogP contribution in [0.25, 0.3) is 5.69 Å². The van der Waals surface area contributed by atoms with E-state index >= 15 is 0 Å². The number of halogens is 1. The van der Waals surface area contributed by atoms with Gasteiger partial charge in [-0.15, -0.1) is 0 Å². The monoisotopic (exact) mass is 440 g/mol. The molecule has 0 spiro atoms. The second-order valence-electron chi connectivity index (χ2n) is 7.52. The summed E-state index contributed by atoms with van der Waals surface area (Å²) < 4.78 is 14.7. The average Bonchev–Trinajstić information content (AvgIpc) is 3.43. The number of nitrogens with one attached hydrogen (secondary N) is 2. The number of nitrogen functional groups attached to an aromatic ring is 1. The minimum Gasteiger partial charge on any atom is -0.382 e. The van der Waals surface area contributed by atoms with Gasteiger partial charge in [0.1, 0.15) is 29.8 Å². The van der Waals surface area contributed by atoms with Gasteiger partial charge in [0.05, 0.1) is 11.4 Å². The Labute approximate surface area is 187 Å². The van der Waals surface area contributed by atoms with Crippen molar-refractivity contribution in [2.24, 2.45) is 4.99 Å². The van der Waals surface area contributed by atoms with Crippen LogP contribution in [0.1, 0.15) is 37.4 Å². The van der Waals surface area contributed by atoms with Crippen LogP contribution in [0.15, 0.2) is 29.3 Å². The summed E-state index contributed by atoms with van der Waals surface area (Å²) in [6, 6.07) is 7.88. The molecule has 1 saturated heterocycles. The Morgan fingerprint density at radius 3 is 2.66 bits per heavy atom. The molecule has 0 bridgehead atoms. The number of likely N-dealkylation sites (tertiary alicyclic amines) is 1. The van der Waals surface area contributed by atoms with Crippen LogP contribution >= 0.6 is 0 Å². The Bertz CT molecular complexity index is 987. The number of aliphatic imine (C=N–C) groups is 1. The number of nitrogens with two attached hydrogens (primary N) is 1. The van der Waals surface area contributed by atoms with Crippen LogP contribution < -0.4 is 16.4 Å². The summed E-state index contributed by atoms with van der Waals surface area (Å²) in [5.41, 5.74) is 7.60. The van der Waals surface area contributed by atoms with Gasteiger partial charge in [-0.3, -0.25) is 4.79 Å². The van der Waals surface area contributed by atoms with E-state index < -0.39 is 0 Å². The van der Waals surface area contributed by atoms with E-state index in [2.05, 4.69) is 26.8 Å². The highest BCUT2D eigenvalue weighted by atomic mass is 19.1. The lowest BCUT2D eigenvalue weighted by molar-refractivity contribution is -0.128. The first-order chi connectivity index (χ1) is 15.5. The van der Waals surface area contributed by atoms with Crippen molar-refractivity contribution >= 4 is 17.7 Å². The Balaban J connectivity index is 1.57. The third-order valence-corrected chi connectivity index (χ3v) is 5.23. The van der Waals surface area contributed by atoms with E-state index in [-0.39, 0.29) is 24.1 Å². The zero-order chi connectivity index (χ0) is 22.9. The number of anilines is 1. The Morgan fingerprint density at radius 2 is 2.00 bits per heavy atom. The minimum atomic E-state index is -0.355. The molecule has 1 aliphatic rings. The highest BCUT2D eigenvalue weighted by Gasteiger charge is 2.18. The number of hydrogen-bond donors (Lipinski definition) is 3. The van der Waals surface area contributed by atoms with Gasteiger partial charge in [0.15, 0.2) is 5.96 Å². The molecule has 10 heteroatoms. The van der Waals surface area contributed by atoms with E-state index in [1.54, 1.807) is 12.1 Å². The smallest absolute Gasteiger partial charge is 0.244 e. The van der Waals surface area contributed by atoms with Crippen LogP contribution in [0.3, 0.4) is 0 Å². The first-order valence-electron chi connectivity index (χ1n) is 10.9. The molecular formula is C22H29FN8O. The maximum atomic E-state index is 13.2. The van der Waals surface area contributed by atoms with Crippen LogP contribution in [0.5, 0.6) is 0 Å². The quantitative estimate of drug-likeness (QED) is 0.325. The number of carbonyl (C=O) groups is 1. The first-order valence-corrected chi connectivity index (χ1v) is 10.9. The molecule has 1 aromatic carbocycles. The summed E-state index contributed by atoms with van der Waals surface area (Å²) >= 11 is 0. The van der Waals surface area contributed by atoms with Gasteiger partial charge >= 0.3 is 0 Å². The van der Waals surface area contributed by atoms with Crippen molar-refractivity contribution in [3.63, 3.8) is 0 Å². The van der Waals surface area contributed by atoms with Gasteiger partial charge in [-0.05, 0) is 56.9 Å². The van der Waals surface area contributed by atoms with Crippen LogP contribution in [-0.4, -0.2) is 59.3 Å². The normalized spacial score (nSPS) is 13.8. The summed E-state index contributed by atoms with van der Waals surface area (Å²) in [5, 5.41) is 20.3. The average molecular weight is 441 g/mol. The van der Waals surface area contributed by atoms with E-state index in [9.17, 15) is 14.4 Å². The predicted octanol–water partition coefficient (Wildman–Crippen LogP) is 1.58. The number of aryl methyl sites for hydroxylation is 1. The van der Waals surface area contributed by atoms with Gasteiger partial charge in [0, 0.05) is 26.2 Å². The lowest BCUT2D eigenvalue weighted by Crippen LogP contribution is -2.39. The molecule has 0 unspecified atom stereocenters. The van der Waals surface area contributed by atoms with Gasteiger partial charge in [0.2, 0.25) is 5.91 Å². The van der Waals surface area contributed by atoms with Crippen molar-refractivity contribution in [1.82, 2.24) is 25.3 Å². The first kappa shape index (κ1) is 23.1. The molecule has 0 radical (unpaired) electrons. The van der Waals surface area contributed by atoms with E-state index in [0.29, 0.717) is 48.8 Å². The number of carbonyl (C=O) groups excluding carboxylic acids is 1. The molecule has 3 rings (SSSR count). The van der Waals surface area contributed by atoms with E-state index in [1.807, 2.05) is 11.8 Å². The number of guanidine groups is 1. The van der Waals surface area contributed by atoms with Crippen molar-refractivity contribution in [2.45, 2.75) is 32.6 Å². The van der Waals surface area contributed by atoms with Gasteiger partial charge in [0.25, 0.3) is 0 Å². The topological polar surface area (TPSA) is 124 Å². The fourth-order valence-corrected chi connectivity index (χ4v) is 3.57. The predicted molar refractivity (Wildman–Crippen MR) is 121 cm³/mol. The summed E-state index contributed by atoms with van der Waals surface area (Å²) in [4.78, 5) is 18.4. The number of aromatic nitrogens is 2. The highest BCUT2D eigenvalue weighted by molar-refractivity contribution is 5.85. The second-order valence-corrected chi connectivity index (χ2v) is 7.52. The van der Waals surface area contributed by atoms with Crippen molar-refractivity contribution in [2.75, 3.05) is 38.5 Å². The Morgan fingerprint density at radius 1 is 1.28 bits per heavy atom. The fraction of sp³-hybridized carbons (Fsp3) is 0.455. The van der Waals surface area contributed by atoms with Crippen LogP contribution in [0, 0.1) is 17.1 Å². The van der Waals surface area contributed by atoms with Crippen LogP contribution in [0.4, 0.5) is 10.2 Å². The SMILES string of the molecule is CCNC(=NCC(=O)N1CCCC1)NCCCc1nn(-c2ccc(F)cc2)c(N)c1C#N. The molecule has 1 fully saturated rings. The number of nitriles is 1. The summed E-state index contributed by atoms with van der Waals surface area (Å²) in [7, 11) is 0. The summed E-state index contributed by atoms with van der Waals surface area (Å²) in [6.45, 7) is 4.97. The van der Waals surface area contributed by atoms with Gasteiger partial charge < -0.3 is 21.3 Å². The van der Waals surface area contributed by atoms with Gasteiger partial charge in [-0.2, -0.15) is 10.4 Å². The molecule has 0 aliphatic carbocycles. The number of amides is 1. The van der Waals surface area contributed by atoms with Crippen molar-refractivity contribution in [1.29, 1.82) is 5.26 Å². The lowest BCUT2D eigenvalue weighted by atomic mass is 10.1. The maximum absolute atomic E-state index is 13.2. The van der Waals surface area contributed by atoms with Crippen molar-refractivity contribution in [3.05, 3.63) is 41.3 Å². The van der Waals surface area contributed by atoms with Gasteiger partial charge in [-0.1, -0.05) is 0 Å². The second kappa shape index (κ2) is 11.1. The molecule has 0 saturated carbocycles. The van der Waals surface area contributed by atoms with Crippen LogP contribution in [-0.2, 0) is 11.2 Å². The molecule has 1 amide bonds. The third kappa shape index (κ3) is 5.75. The molecule has 4 N–H and O–H groups in total. The number of nitrogens with zero attached hydrogens (tertiary/aromatic N) is 5. The summed E-state index contributed by atoms with van der Waals surface area (Å²) in [6.07, 6.45) is 3.32. The highest BCUT2D eigenvalue weighted by Crippen LogP contribution is 2.21. The molecule has 32 heavy (non-hydrogen) atoms. The van der Waals surface area contributed by atoms with Crippen molar-refractivity contribution < 1.29 is 9.18 Å². The minimum absolute atomic E-state index is 0.0418. The van der Waals surface area contributed by atoms with E-state index in [4.69, 9.17) is 5.73 Å². The Hall–Kier alpha value is -3.61. The van der Waals surface area contributed by atoms with Crippen LogP contribution in [0.2, 0.25) is 0 Å². The molecule has 1 aliphatic heterocycles. The number of hydrogen-bond acceptors (Lipinski definition) is 5. The molecular weight excluding hydrogens is 411 g/mol. The van der Waals surface area contributed by atoms with Gasteiger partial charge in [-0.25, -0.2) is 14.1 Å². The zero-order valence-electron chi connectivity index (χ0n) is 18.3. The number of rotatable bonds is 8. The zero-order valence-corrected chi connectivity index (χ0v) is 18.3. The molecule has 0 atom stereocenters. The molecule has 1 aromatic heterocycles. The third-order valence-electron chi connectivity index (χ3n) is 5.23. The molecule has 9 nitrogen and oxygen atoms in total. The fourth-order valence-electron chi connectivity index (χ4n) is 3.57. The number of benzene rings is 1. The summed E-state index contributed by atoms with van der Waals surface area (Å²) in [5.74, 6) is 0.501. The lowest BCUT2D eigenvalue weighted by Gasteiger charge is -2.15. The maximum Gasteiger partial charge on any atom is 0.244 e. The largest absolute Gasteiger partial charge is 0.382 e. The molecule has 2 heterocycles. The van der Waals surface area contributed by atoms with E-state index in [0.717, 1.165) is 25.9 Å².